The molecule has 0 N–H and O–H groups in total. The number of thioether (sulfide) groups is 1. The van der Waals surface area contributed by atoms with Crippen molar-refractivity contribution in [3.63, 3.8) is 0 Å². The molecule has 0 saturated carbocycles. The Kier molecular flexibility index (Phi) is 4.22. The van der Waals surface area contributed by atoms with Gasteiger partial charge in [-0.3, -0.25) is 0 Å². The van der Waals surface area contributed by atoms with Gasteiger partial charge in [0.25, 0.3) is 0 Å². The van der Waals surface area contributed by atoms with Crippen molar-refractivity contribution in [1.82, 2.24) is 0 Å². The van der Waals surface area contributed by atoms with Crippen molar-refractivity contribution in [3.8, 4) is 0 Å². The van der Waals surface area contributed by atoms with E-state index in [1.165, 1.54) is 6.08 Å². The molecule has 68 valence electrons. The zero-order valence-corrected chi connectivity index (χ0v) is 9.48. The zero-order valence-electron chi connectivity index (χ0n) is 7.08. The molecule has 0 radical (unpaired) electrons. The summed E-state index contributed by atoms with van der Waals surface area (Å²) in [6, 6.07) is 5.98. The highest BCUT2D eigenvalue weighted by molar-refractivity contribution is 9.10. The molecule has 0 aliphatic heterocycles. The number of nitrogens with zero attached hydrogens (tertiary/aromatic N) is 1. The Morgan fingerprint density at radius 3 is 2.92 bits per heavy atom. The first kappa shape index (κ1) is 10.5. The molecule has 1 aromatic carbocycles. The van der Waals surface area contributed by atoms with Crippen LogP contribution in [0.1, 0.15) is 5.56 Å². The Labute approximate surface area is 89.6 Å². The van der Waals surface area contributed by atoms with Gasteiger partial charge in [0.2, 0.25) is 6.08 Å². The van der Waals surface area contributed by atoms with Crippen LogP contribution in [0.4, 0.5) is 0 Å². The minimum atomic E-state index is 0.399. The van der Waals surface area contributed by atoms with Gasteiger partial charge in [0.1, 0.15) is 0 Å². The Morgan fingerprint density at radius 1 is 1.54 bits per heavy atom. The summed E-state index contributed by atoms with van der Waals surface area (Å²) >= 11 is 5.05. The molecular weight excluding hydrogens is 250 g/mol. The van der Waals surface area contributed by atoms with Gasteiger partial charge >= 0.3 is 0 Å². The summed E-state index contributed by atoms with van der Waals surface area (Å²) < 4.78 is 1.01. The Morgan fingerprint density at radius 2 is 2.31 bits per heavy atom. The molecule has 0 aliphatic rings. The van der Waals surface area contributed by atoms with E-state index in [1.807, 2.05) is 24.5 Å². The third-order valence-electron chi connectivity index (χ3n) is 1.49. The lowest BCUT2D eigenvalue weighted by Gasteiger charge is -2.01. The highest BCUT2D eigenvalue weighted by Crippen LogP contribution is 2.22. The van der Waals surface area contributed by atoms with Gasteiger partial charge in [-0.15, -0.1) is 11.8 Å². The summed E-state index contributed by atoms with van der Waals surface area (Å²) in [5.41, 5.74) is 1.02. The van der Waals surface area contributed by atoms with Crippen LogP contribution in [0, 0.1) is 0 Å². The van der Waals surface area contributed by atoms with E-state index in [9.17, 15) is 4.79 Å². The van der Waals surface area contributed by atoms with E-state index in [0.717, 1.165) is 14.9 Å². The number of hydrogen-bond donors (Lipinski definition) is 0. The van der Waals surface area contributed by atoms with Crippen LogP contribution in [0.2, 0.25) is 0 Å². The first-order chi connectivity index (χ1) is 6.26. The molecule has 0 spiro atoms. The lowest BCUT2D eigenvalue weighted by atomic mass is 10.2. The van der Waals surface area contributed by atoms with Gasteiger partial charge in [-0.25, -0.2) is 9.79 Å². The quantitative estimate of drug-likeness (QED) is 0.474. The molecule has 13 heavy (non-hydrogen) atoms. The second-order valence-electron chi connectivity index (χ2n) is 2.41. The first-order valence-electron chi connectivity index (χ1n) is 3.63. The standard InChI is InChI=1S/C9H8BrNOS/c1-13-9-3-7(5-11-6-12)2-8(10)4-9/h2-4H,5H2,1H3. The van der Waals surface area contributed by atoms with Gasteiger partial charge in [0.05, 0.1) is 6.54 Å². The van der Waals surface area contributed by atoms with Gasteiger partial charge in [-0.05, 0) is 30.0 Å². The third kappa shape index (κ3) is 3.35. The smallest absolute Gasteiger partial charge is 0.211 e. The summed E-state index contributed by atoms with van der Waals surface area (Å²) in [6.45, 7) is 0.399. The summed E-state index contributed by atoms with van der Waals surface area (Å²) in [6.07, 6.45) is 3.53. The molecule has 0 heterocycles. The number of aliphatic imine (C=N–C) groups is 1. The van der Waals surface area contributed by atoms with E-state index in [4.69, 9.17) is 0 Å². The van der Waals surface area contributed by atoms with Crippen molar-refractivity contribution in [3.05, 3.63) is 28.2 Å². The van der Waals surface area contributed by atoms with Crippen LogP contribution < -0.4 is 0 Å². The fraction of sp³-hybridized carbons (Fsp3) is 0.222. The maximum Gasteiger partial charge on any atom is 0.235 e. The Hall–Kier alpha value is -0.570. The van der Waals surface area contributed by atoms with Crippen molar-refractivity contribution in [2.24, 2.45) is 4.99 Å². The number of hydrogen-bond acceptors (Lipinski definition) is 3. The zero-order chi connectivity index (χ0) is 9.68. The van der Waals surface area contributed by atoms with Crippen molar-refractivity contribution in [2.45, 2.75) is 11.4 Å². The maximum atomic E-state index is 9.91. The summed E-state index contributed by atoms with van der Waals surface area (Å²) in [4.78, 5) is 14.6. The van der Waals surface area contributed by atoms with Gasteiger partial charge in [0, 0.05) is 9.37 Å². The SMILES string of the molecule is CSc1cc(Br)cc(CN=C=O)c1. The third-order valence-corrected chi connectivity index (χ3v) is 2.66. The fourth-order valence-electron chi connectivity index (χ4n) is 0.953. The van der Waals surface area contributed by atoms with E-state index >= 15 is 0 Å². The largest absolute Gasteiger partial charge is 0.235 e. The lowest BCUT2D eigenvalue weighted by Crippen LogP contribution is -1.82. The summed E-state index contributed by atoms with van der Waals surface area (Å²) in [7, 11) is 0. The fourth-order valence-corrected chi connectivity index (χ4v) is 2.16. The van der Waals surface area contributed by atoms with E-state index in [2.05, 4.69) is 20.9 Å². The molecular formula is C9H8BrNOS. The molecule has 0 aliphatic carbocycles. The average Bonchev–Trinajstić information content (AvgIpc) is 2.14. The average molecular weight is 258 g/mol. The van der Waals surface area contributed by atoms with Crippen LogP contribution in [-0.2, 0) is 11.3 Å². The first-order valence-corrected chi connectivity index (χ1v) is 5.65. The predicted octanol–water partition coefficient (Wildman–Crippen LogP) is 3.01. The molecule has 0 saturated heterocycles. The summed E-state index contributed by atoms with van der Waals surface area (Å²) in [5, 5.41) is 0. The van der Waals surface area contributed by atoms with Crippen LogP contribution in [0.5, 0.6) is 0 Å². The van der Waals surface area contributed by atoms with E-state index in [-0.39, 0.29) is 0 Å². The van der Waals surface area contributed by atoms with E-state index in [1.54, 1.807) is 11.8 Å². The van der Waals surface area contributed by atoms with Crippen molar-refractivity contribution in [1.29, 1.82) is 0 Å². The van der Waals surface area contributed by atoms with Crippen LogP contribution in [-0.4, -0.2) is 12.3 Å². The molecule has 2 nitrogen and oxygen atoms in total. The van der Waals surface area contributed by atoms with Gasteiger partial charge < -0.3 is 0 Å². The molecule has 1 aromatic rings. The number of halogens is 1. The highest BCUT2D eigenvalue weighted by atomic mass is 79.9. The van der Waals surface area contributed by atoms with Gasteiger partial charge in [0.15, 0.2) is 0 Å². The van der Waals surface area contributed by atoms with Crippen molar-refractivity contribution >= 4 is 33.8 Å². The molecule has 1 rings (SSSR count). The van der Waals surface area contributed by atoms with Crippen molar-refractivity contribution < 1.29 is 4.79 Å². The number of benzene rings is 1. The Balaban J connectivity index is 2.93. The lowest BCUT2D eigenvalue weighted by molar-refractivity contribution is 0.563. The van der Waals surface area contributed by atoms with Gasteiger partial charge in [-0.1, -0.05) is 15.9 Å². The predicted molar refractivity (Wildman–Crippen MR) is 57.7 cm³/mol. The topological polar surface area (TPSA) is 29.4 Å². The molecule has 0 atom stereocenters. The highest BCUT2D eigenvalue weighted by Gasteiger charge is 1.97. The number of rotatable bonds is 3. The summed E-state index contributed by atoms with van der Waals surface area (Å²) in [5.74, 6) is 0. The van der Waals surface area contributed by atoms with Crippen molar-refractivity contribution in [2.75, 3.05) is 6.26 Å². The molecule has 0 fully saturated rings. The van der Waals surface area contributed by atoms with Crippen LogP contribution in [0.3, 0.4) is 0 Å². The number of carbonyl (C=O) groups excluding carboxylic acids is 1. The second kappa shape index (κ2) is 5.22. The maximum absolute atomic E-state index is 9.91. The number of isocyanates is 1. The molecule has 0 unspecified atom stereocenters. The minimum absolute atomic E-state index is 0.399. The molecule has 4 heteroatoms. The molecule has 0 amide bonds. The molecule has 0 aromatic heterocycles. The monoisotopic (exact) mass is 257 g/mol. The van der Waals surface area contributed by atoms with E-state index in [0.29, 0.717) is 6.54 Å². The van der Waals surface area contributed by atoms with E-state index < -0.39 is 0 Å². The van der Waals surface area contributed by atoms with Gasteiger partial charge in [-0.2, -0.15) is 0 Å². The van der Waals surface area contributed by atoms with Crippen LogP contribution in [0.15, 0.2) is 32.6 Å². The normalized spacial score (nSPS) is 9.38. The molecule has 0 bridgehead atoms. The minimum Gasteiger partial charge on any atom is -0.211 e. The second-order valence-corrected chi connectivity index (χ2v) is 4.20. The van der Waals surface area contributed by atoms with Crippen LogP contribution >= 0.6 is 27.7 Å². The van der Waals surface area contributed by atoms with Crippen LogP contribution in [0.25, 0.3) is 0 Å². The Bertz CT molecular complexity index is 347.